The molecule has 4 heterocycles. The minimum Gasteiger partial charge on any atom is -0.356 e. The molecule has 2 aromatic heterocycles. The van der Waals surface area contributed by atoms with Gasteiger partial charge in [0.25, 0.3) is 0 Å². The zero-order chi connectivity index (χ0) is 20.4. The highest BCUT2D eigenvalue weighted by atomic mass is 15.3. The number of rotatable bonds is 7. The predicted octanol–water partition coefficient (Wildman–Crippen LogP) is 3.87. The van der Waals surface area contributed by atoms with Crippen molar-refractivity contribution in [2.45, 2.75) is 56.8 Å². The van der Waals surface area contributed by atoms with Gasteiger partial charge in [-0.1, -0.05) is 0 Å². The molecule has 7 nitrogen and oxygen atoms in total. The van der Waals surface area contributed by atoms with Crippen molar-refractivity contribution < 1.29 is 0 Å². The van der Waals surface area contributed by atoms with Crippen LogP contribution in [0.15, 0.2) is 12.1 Å². The molecule has 0 spiro atoms. The van der Waals surface area contributed by atoms with Crippen molar-refractivity contribution in [2.75, 3.05) is 42.9 Å². The number of hydrogen-bond donors (Lipinski definition) is 2. The lowest BCUT2D eigenvalue weighted by molar-refractivity contribution is 0.203. The third-order valence-electron chi connectivity index (χ3n) is 8.11. The Balaban J connectivity index is 1.11. The van der Waals surface area contributed by atoms with E-state index in [1.807, 2.05) is 0 Å². The van der Waals surface area contributed by atoms with E-state index < -0.39 is 0 Å². The summed E-state index contributed by atoms with van der Waals surface area (Å²) in [6.07, 6.45) is 9.26. The molecule has 31 heavy (non-hydrogen) atoms. The molecule has 3 saturated carbocycles. The molecule has 7 rings (SSSR count). The fraction of sp³-hybridized carbons (Fsp3) is 0.708. The highest BCUT2D eigenvalue weighted by Gasteiger charge is 2.45. The molecular formula is C24H33N7. The third-order valence-corrected chi connectivity index (χ3v) is 8.11. The van der Waals surface area contributed by atoms with E-state index in [0.29, 0.717) is 17.8 Å². The number of aromatic nitrogens is 4. The number of anilines is 3. The average molecular weight is 420 g/mol. The summed E-state index contributed by atoms with van der Waals surface area (Å²) in [7, 11) is 0. The number of piperidine rings is 2. The summed E-state index contributed by atoms with van der Waals surface area (Å²) < 4.78 is 0. The minimum atomic E-state index is 0.538. The fourth-order valence-electron chi connectivity index (χ4n) is 5.66. The molecule has 2 unspecified atom stereocenters. The van der Waals surface area contributed by atoms with Crippen LogP contribution in [0.25, 0.3) is 0 Å². The van der Waals surface area contributed by atoms with E-state index in [9.17, 15) is 0 Å². The van der Waals surface area contributed by atoms with E-state index in [1.165, 1.54) is 76.0 Å². The lowest BCUT2D eigenvalue weighted by Crippen LogP contribution is -2.34. The van der Waals surface area contributed by atoms with Gasteiger partial charge in [-0.05, 0) is 75.8 Å². The van der Waals surface area contributed by atoms with Gasteiger partial charge in [0.1, 0.15) is 5.82 Å². The highest BCUT2D eigenvalue weighted by Crippen LogP contribution is 2.46. The van der Waals surface area contributed by atoms with Gasteiger partial charge >= 0.3 is 0 Å². The Morgan fingerprint density at radius 3 is 2.48 bits per heavy atom. The number of aromatic amines is 1. The van der Waals surface area contributed by atoms with Gasteiger partial charge in [-0.3, -0.25) is 5.10 Å². The second-order valence-corrected chi connectivity index (χ2v) is 10.8. The van der Waals surface area contributed by atoms with Gasteiger partial charge in [0.05, 0.1) is 5.69 Å². The average Bonchev–Trinajstić information content (AvgIpc) is 3.74. The molecule has 2 aromatic rings. The van der Waals surface area contributed by atoms with Crippen LogP contribution in [0.3, 0.4) is 0 Å². The monoisotopic (exact) mass is 419 g/mol. The minimum absolute atomic E-state index is 0.538. The van der Waals surface area contributed by atoms with Crippen molar-refractivity contribution >= 4 is 17.6 Å². The molecule has 5 fully saturated rings. The van der Waals surface area contributed by atoms with Gasteiger partial charge in [-0.25, -0.2) is 4.98 Å². The van der Waals surface area contributed by atoms with E-state index in [4.69, 9.17) is 9.97 Å². The molecule has 2 aliphatic heterocycles. The summed E-state index contributed by atoms with van der Waals surface area (Å²) in [6.45, 7) is 6.05. The van der Waals surface area contributed by atoms with Crippen molar-refractivity contribution in [3.8, 4) is 0 Å². The zero-order valence-corrected chi connectivity index (χ0v) is 18.3. The maximum Gasteiger partial charge on any atom is 0.230 e. The largest absolute Gasteiger partial charge is 0.356 e. The van der Waals surface area contributed by atoms with Gasteiger partial charge in [-0.2, -0.15) is 10.1 Å². The van der Waals surface area contributed by atoms with Crippen LogP contribution in [-0.4, -0.2) is 57.8 Å². The molecule has 0 amide bonds. The van der Waals surface area contributed by atoms with Gasteiger partial charge in [0.15, 0.2) is 5.82 Å². The first-order valence-electron chi connectivity index (χ1n) is 12.5. The molecular weight excluding hydrogens is 386 g/mol. The summed E-state index contributed by atoms with van der Waals surface area (Å²) in [5.74, 6) is 6.64. The van der Waals surface area contributed by atoms with E-state index in [0.717, 1.165) is 42.5 Å². The Morgan fingerprint density at radius 1 is 0.935 bits per heavy atom. The number of likely N-dealkylation sites (tertiary alicyclic amines) is 1. The standard InChI is InChI=1S/C24H33N7/c1-2-15(1)12-30-7-5-17(6-8-30)20-11-23(31-13-18-9-19(18)14-31)27-24(25-20)26-22-10-21(28-29-22)16-3-4-16/h10-11,15-19H,1-9,12-14H2,(H2,25,26,27,28,29). The summed E-state index contributed by atoms with van der Waals surface area (Å²) in [6, 6.07) is 4.42. The molecule has 2 atom stereocenters. The molecule has 0 bridgehead atoms. The Labute approximate surface area is 184 Å². The lowest BCUT2D eigenvalue weighted by Gasteiger charge is -2.32. The second kappa shape index (κ2) is 7.19. The third kappa shape index (κ3) is 3.93. The molecule has 3 aliphatic carbocycles. The Hall–Kier alpha value is -2.15. The number of H-pyrrole nitrogens is 1. The maximum absolute atomic E-state index is 5.00. The van der Waals surface area contributed by atoms with Gasteiger partial charge < -0.3 is 15.1 Å². The molecule has 2 N–H and O–H groups in total. The van der Waals surface area contributed by atoms with Crippen molar-refractivity contribution in [1.82, 2.24) is 25.1 Å². The van der Waals surface area contributed by atoms with E-state index in [2.05, 4.69) is 37.4 Å². The molecule has 0 radical (unpaired) electrons. The summed E-state index contributed by atoms with van der Waals surface area (Å²) in [4.78, 5) is 15.1. The summed E-state index contributed by atoms with van der Waals surface area (Å²) in [5.41, 5.74) is 2.46. The molecule has 7 heteroatoms. The second-order valence-electron chi connectivity index (χ2n) is 10.8. The van der Waals surface area contributed by atoms with Crippen molar-refractivity contribution in [1.29, 1.82) is 0 Å². The first-order chi connectivity index (χ1) is 15.3. The lowest BCUT2D eigenvalue weighted by atomic mass is 9.93. The van der Waals surface area contributed by atoms with Crippen LogP contribution in [0, 0.1) is 17.8 Å². The Kier molecular flexibility index (Phi) is 4.27. The normalized spacial score (nSPS) is 28.7. The molecule has 2 saturated heterocycles. The summed E-state index contributed by atoms with van der Waals surface area (Å²) >= 11 is 0. The number of hydrogen-bond acceptors (Lipinski definition) is 6. The van der Waals surface area contributed by atoms with Crippen LogP contribution in [-0.2, 0) is 0 Å². The number of fused-ring (bicyclic) bond motifs is 1. The van der Waals surface area contributed by atoms with Crippen molar-refractivity contribution in [2.24, 2.45) is 17.8 Å². The van der Waals surface area contributed by atoms with Crippen LogP contribution in [0.5, 0.6) is 0 Å². The SMILES string of the molecule is c1c(C2CCN(CC3CC3)CC2)nc(Nc2cc(C3CC3)[nH]n2)nc1N1CC2CC2C1. The van der Waals surface area contributed by atoms with Crippen LogP contribution in [0.4, 0.5) is 17.6 Å². The van der Waals surface area contributed by atoms with E-state index in [1.54, 1.807) is 0 Å². The predicted molar refractivity (Wildman–Crippen MR) is 121 cm³/mol. The van der Waals surface area contributed by atoms with E-state index in [-0.39, 0.29) is 0 Å². The smallest absolute Gasteiger partial charge is 0.230 e. The van der Waals surface area contributed by atoms with Gasteiger partial charge in [-0.15, -0.1) is 0 Å². The highest BCUT2D eigenvalue weighted by molar-refractivity contribution is 5.54. The quantitative estimate of drug-likeness (QED) is 0.710. The Bertz CT molecular complexity index is 945. The first kappa shape index (κ1) is 18.4. The van der Waals surface area contributed by atoms with Crippen LogP contribution in [0.2, 0.25) is 0 Å². The Morgan fingerprint density at radius 2 is 1.74 bits per heavy atom. The zero-order valence-electron chi connectivity index (χ0n) is 18.3. The van der Waals surface area contributed by atoms with Crippen molar-refractivity contribution in [3.63, 3.8) is 0 Å². The van der Waals surface area contributed by atoms with Crippen LogP contribution in [0.1, 0.15) is 68.2 Å². The number of nitrogens with zero attached hydrogens (tertiary/aromatic N) is 5. The molecule has 164 valence electrons. The van der Waals surface area contributed by atoms with Gasteiger partial charge in [0, 0.05) is 49.3 Å². The topological polar surface area (TPSA) is 73.0 Å². The summed E-state index contributed by atoms with van der Waals surface area (Å²) in [5, 5.41) is 11.1. The van der Waals surface area contributed by atoms with Crippen LogP contribution < -0.4 is 10.2 Å². The maximum atomic E-state index is 5.00. The molecule has 0 aromatic carbocycles. The number of nitrogens with one attached hydrogen (secondary N) is 2. The van der Waals surface area contributed by atoms with Crippen LogP contribution >= 0.6 is 0 Å². The fourth-order valence-corrected chi connectivity index (χ4v) is 5.66. The van der Waals surface area contributed by atoms with E-state index >= 15 is 0 Å². The molecule has 5 aliphatic rings. The van der Waals surface area contributed by atoms with Crippen molar-refractivity contribution in [3.05, 3.63) is 23.5 Å². The van der Waals surface area contributed by atoms with Gasteiger partial charge in [0.2, 0.25) is 5.95 Å². The first-order valence-corrected chi connectivity index (χ1v) is 12.5.